The summed E-state index contributed by atoms with van der Waals surface area (Å²) in [6, 6.07) is 5.10. The Bertz CT molecular complexity index is 994. The first-order chi connectivity index (χ1) is 16.3. The van der Waals surface area contributed by atoms with E-state index in [9.17, 15) is 23.9 Å². The molecule has 3 fully saturated rings. The molecule has 0 radical (unpaired) electrons. The molecule has 1 saturated carbocycles. The minimum absolute atomic E-state index is 0. The molecule has 3 atom stereocenters. The first-order valence-electron chi connectivity index (χ1n) is 11.9. The Morgan fingerprint density at radius 3 is 2.44 bits per heavy atom. The number of aliphatic carboxylic acids is 1. The molecule has 1 amide bonds. The average Bonchev–Trinajstić information content (AvgIpc) is 3.65. The number of nitrogens with zero attached hydrogens (tertiary/aromatic N) is 3. The number of hydrogen-bond acceptors (Lipinski definition) is 6. The normalized spacial score (nSPS) is 24.0. The van der Waals surface area contributed by atoms with Gasteiger partial charge >= 0.3 is 5.97 Å². The van der Waals surface area contributed by atoms with Crippen molar-refractivity contribution in [3.8, 4) is 0 Å². The molecule has 0 aromatic heterocycles. The summed E-state index contributed by atoms with van der Waals surface area (Å²) in [7, 11) is 0. The number of thiol groups is 1. The van der Waals surface area contributed by atoms with Crippen LogP contribution in [-0.2, 0) is 14.4 Å². The summed E-state index contributed by atoms with van der Waals surface area (Å²) in [4.78, 5) is 42.3. The monoisotopic (exact) mass is 561 g/mol. The third kappa shape index (κ3) is 7.01. The molecule has 1 aromatic rings. The van der Waals surface area contributed by atoms with Crippen LogP contribution >= 0.6 is 37.4 Å². The van der Waals surface area contributed by atoms with Gasteiger partial charge in [0.05, 0.1) is 12.6 Å². The van der Waals surface area contributed by atoms with E-state index < -0.39 is 18.1 Å². The highest BCUT2D eigenvalue weighted by Gasteiger charge is 2.41. The first kappa shape index (κ1) is 30.6. The molecular formula is C25H34Cl2FN3O4S. The molecule has 3 unspecified atom stereocenters. The highest BCUT2D eigenvalue weighted by molar-refractivity contribution is 7.81. The van der Waals surface area contributed by atoms with Gasteiger partial charge in [-0.1, -0.05) is 24.3 Å². The lowest BCUT2D eigenvalue weighted by Gasteiger charge is -2.38. The summed E-state index contributed by atoms with van der Waals surface area (Å²) < 4.78 is 14.7. The minimum atomic E-state index is -1.01. The Balaban J connectivity index is 0.00000228. The number of likely N-dealkylation sites (tertiary alicyclic amines) is 1. The maximum Gasteiger partial charge on any atom is 0.326 e. The smallest absolute Gasteiger partial charge is 0.326 e. The van der Waals surface area contributed by atoms with Gasteiger partial charge in [0.25, 0.3) is 0 Å². The lowest BCUT2D eigenvalue weighted by atomic mass is 9.93. The van der Waals surface area contributed by atoms with Gasteiger partial charge in [-0.15, -0.1) is 24.8 Å². The van der Waals surface area contributed by atoms with Crippen LogP contribution in [0.3, 0.4) is 0 Å². The lowest BCUT2D eigenvalue weighted by molar-refractivity contribution is -0.152. The number of ketones is 1. The summed E-state index contributed by atoms with van der Waals surface area (Å²) in [5, 5.41) is 9.23. The molecule has 3 aliphatic rings. The molecule has 200 valence electrons. The molecule has 0 spiro atoms. The van der Waals surface area contributed by atoms with Crippen molar-refractivity contribution in [3.63, 3.8) is 0 Å². The van der Waals surface area contributed by atoms with Crippen molar-refractivity contribution in [2.75, 3.05) is 39.3 Å². The number of carboxylic acid groups (broad SMARTS) is 1. The van der Waals surface area contributed by atoms with Gasteiger partial charge in [0.1, 0.15) is 11.9 Å². The van der Waals surface area contributed by atoms with Crippen LogP contribution in [0.15, 0.2) is 35.9 Å². The van der Waals surface area contributed by atoms with E-state index in [1.54, 1.807) is 18.2 Å². The van der Waals surface area contributed by atoms with E-state index in [0.29, 0.717) is 38.3 Å². The fourth-order valence-electron chi connectivity index (χ4n) is 4.81. The number of carbonyl (C=O) groups is 3. The summed E-state index contributed by atoms with van der Waals surface area (Å²) in [5.41, 5.74) is 1.50. The molecule has 7 nitrogen and oxygen atoms in total. The summed E-state index contributed by atoms with van der Waals surface area (Å²) >= 11 is 4.74. The van der Waals surface area contributed by atoms with Crippen LogP contribution in [0.2, 0.25) is 0 Å². The molecule has 2 aliphatic heterocycles. The minimum Gasteiger partial charge on any atom is -0.480 e. The van der Waals surface area contributed by atoms with Crippen LogP contribution in [0, 0.1) is 11.7 Å². The van der Waals surface area contributed by atoms with Gasteiger partial charge in [0.2, 0.25) is 5.91 Å². The second-order valence-electron chi connectivity index (χ2n) is 9.49. The largest absolute Gasteiger partial charge is 0.480 e. The van der Waals surface area contributed by atoms with Gasteiger partial charge < -0.3 is 10.0 Å². The van der Waals surface area contributed by atoms with Crippen molar-refractivity contribution < 1.29 is 23.9 Å². The second kappa shape index (κ2) is 13.2. The van der Waals surface area contributed by atoms with Crippen LogP contribution in [0.4, 0.5) is 4.39 Å². The topological polar surface area (TPSA) is 81.2 Å². The molecule has 4 rings (SSSR count). The quantitative estimate of drug-likeness (QED) is 0.374. The Labute approximate surface area is 229 Å². The van der Waals surface area contributed by atoms with Crippen molar-refractivity contribution in [1.82, 2.24) is 14.7 Å². The van der Waals surface area contributed by atoms with Crippen molar-refractivity contribution >= 4 is 55.1 Å². The number of Topliss-reactive ketones (excluding diaryl/α,β-unsaturated/α-hetero) is 1. The number of rotatable bonds is 8. The van der Waals surface area contributed by atoms with E-state index in [4.69, 9.17) is 12.6 Å². The van der Waals surface area contributed by atoms with Gasteiger partial charge in [0, 0.05) is 49.5 Å². The van der Waals surface area contributed by atoms with Gasteiger partial charge in [-0.2, -0.15) is 12.6 Å². The molecule has 11 heteroatoms. The van der Waals surface area contributed by atoms with Crippen LogP contribution in [-0.4, -0.2) is 88.0 Å². The first-order valence-corrected chi connectivity index (χ1v) is 12.4. The van der Waals surface area contributed by atoms with Gasteiger partial charge in [-0.05, 0) is 37.8 Å². The zero-order valence-electron chi connectivity index (χ0n) is 20.2. The van der Waals surface area contributed by atoms with Crippen molar-refractivity contribution in [2.24, 2.45) is 5.92 Å². The van der Waals surface area contributed by atoms with E-state index in [1.807, 2.05) is 4.90 Å². The van der Waals surface area contributed by atoms with Crippen molar-refractivity contribution in [1.29, 1.82) is 0 Å². The van der Waals surface area contributed by atoms with Crippen LogP contribution in [0.5, 0.6) is 0 Å². The fourth-order valence-corrected chi connectivity index (χ4v) is 5.11. The molecule has 0 bridgehead atoms. The third-order valence-corrected chi connectivity index (χ3v) is 7.68. The van der Waals surface area contributed by atoms with E-state index in [0.717, 1.165) is 24.8 Å². The summed E-state index contributed by atoms with van der Waals surface area (Å²) in [6.07, 6.45) is 4.56. The Kier molecular flexibility index (Phi) is 11.2. The maximum atomic E-state index is 14.7. The van der Waals surface area contributed by atoms with Crippen molar-refractivity contribution in [2.45, 2.75) is 43.5 Å². The highest BCUT2D eigenvalue weighted by atomic mass is 35.5. The SMILES string of the molecule is CC(C(=O)O)N1CCN(C/C=C2\CN(C(C(=O)C3CC3)c3ccccc3F)CCC2S)CC1=O.Cl.Cl. The standard InChI is InChI=1S/C25H32FN3O4S.2ClH/c1-16(25(32)33)29-13-12-27(15-22(29)30)10-8-18-14-28(11-9-21(18)34)23(24(31)17-6-7-17)19-4-2-3-5-20(19)26;;/h2-5,8,16-17,21,23,34H,6-7,9-15H2,1H3,(H,32,33);2*1H/b18-8+;;. The predicted octanol–water partition coefficient (Wildman–Crippen LogP) is 3.24. The molecular weight excluding hydrogens is 528 g/mol. The number of amides is 1. The Morgan fingerprint density at radius 1 is 1.14 bits per heavy atom. The van der Waals surface area contributed by atoms with E-state index in [-0.39, 0.29) is 60.0 Å². The van der Waals surface area contributed by atoms with Crippen LogP contribution < -0.4 is 0 Å². The molecule has 1 N–H and O–H groups in total. The lowest BCUT2D eigenvalue weighted by Crippen LogP contribution is -2.55. The number of carboxylic acids is 1. The van der Waals surface area contributed by atoms with E-state index >= 15 is 0 Å². The molecule has 2 heterocycles. The van der Waals surface area contributed by atoms with Crippen LogP contribution in [0.25, 0.3) is 0 Å². The average molecular weight is 563 g/mol. The summed E-state index contributed by atoms with van der Waals surface area (Å²) in [5.74, 6) is -1.44. The third-order valence-electron chi connectivity index (χ3n) is 7.09. The Morgan fingerprint density at radius 2 is 1.83 bits per heavy atom. The van der Waals surface area contributed by atoms with Crippen molar-refractivity contribution in [3.05, 3.63) is 47.3 Å². The zero-order valence-corrected chi connectivity index (χ0v) is 22.7. The molecule has 2 saturated heterocycles. The van der Waals surface area contributed by atoms with Crippen LogP contribution in [0.1, 0.15) is 37.8 Å². The van der Waals surface area contributed by atoms with Gasteiger partial charge in [0.15, 0.2) is 5.78 Å². The molecule has 36 heavy (non-hydrogen) atoms. The highest BCUT2D eigenvalue weighted by Crippen LogP contribution is 2.39. The van der Waals surface area contributed by atoms with Gasteiger partial charge in [-0.25, -0.2) is 9.18 Å². The van der Waals surface area contributed by atoms with Gasteiger partial charge in [-0.3, -0.25) is 19.4 Å². The maximum absolute atomic E-state index is 14.7. The number of hydrogen-bond donors (Lipinski definition) is 2. The molecule has 1 aliphatic carbocycles. The van der Waals surface area contributed by atoms with E-state index in [1.165, 1.54) is 17.9 Å². The number of piperazine rings is 1. The zero-order chi connectivity index (χ0) is 24.4. The van der Waals surface area contributed by atoms with E-state index in [2.05, 4.69) is 11.0 Å². The number of halogens is 3. The number of benzene rings is 1. The Hall–Kier alpha value is -1.65. The molecule has 1 aromatic carbocycles. The second-order valence-corrected chi connectivity index (χ2v) is 10.1. The number of carbonyl (C=O) groups excluding carboxylic acids is 2. The predicted molar refractivity (Wildman–Crippen MR) is 144 cm³/mol. The fraction of sp³-hybridized carbons (Fsp3) is 0.560. The summed E-state index contributed by atoms with van der Waals surface area (Å²) in [6.45, 7) is 4.38. The number of piperidine rings is 1.